The van der Waals surface area contributed by atoms with E-state index in [1.165, 1.54) is 6.42 Å². The van der Waals surface area contributed by atoms with Crippen LogP contribution in [-0.2, 0) is 9.59 Å². The smallest absolute Gasteiger partial charge is 0.243 e. The number of hydrogen-bond donors (Lipinski definition) is 1. The normalized spacial score (nSPS) is 28.9. The van der Waals surface area contributed by atoms with E-state index in [0.717, 1.165) is 45.1 Å². The summed E-state index contributed by atoms with van der Waals surface area (Å²) in [6.07, 6.45) is 7.24. The first-order valence-electron chi connectivity index (χ1n) is 6.86. The first-order valence-corrected chi connectivity index (χ1v) is 6.86. The Kier molecular flexibility index (Phi) is 2.81. The van der Waals surface area contributed by atoms with Gasteiger partial charge in [-0.2, -0.15) is 0 Å². The Morgan fingerprint density at radius 3 is 2.35 bits per heavy atom. The lowest BCUT2D eigenvalue weighted by atomic mass is 9.84. The van der Waals surface area contributed by atoms with Gasteiger partial charge in [0, 0.05) is 18.5 Å². The van der Waals surface area contributed by atoms with Crippen LogP contribution in [0.1, 0.15) is 44.9 Å². The van der Waals surface area contributed by atoms with Crippen molar-refractivity contribution in [1.82, 2.24) is 10.2 Å². The van der Waals surface area contributed by atoms with Gasteiger partial charge in [-0.1, -0.05) is 6.42 Å². The van der Waals surface area contributed by atoms with Crippen LogP contribution in [0.5, 0.6) is 0 Å². The summed E-state index contributed by atoms with van der Waals surface area (Å²) in [7, 11) is 0. The third kappa shape index (κ3) is 2.17. The molecule has 3 rings (SSSR count). The molecule has 1 heterocycles. The summed E-state index contributed by atoms with van der Waals surface area (Å²) < 4.78 is 0. The quantitative estimate of drug-likeness (QED) is 0.796. The van der Waals surface area contributed by atoms with E-state index in [1.807, 2.05) is 4.90 Å². The zero-order valence-electron chi connectivity index (χ0n) is 10.2. The van der Waals surface area contributed by atoms with Crippen LogP contribution in [0.2, 0.25) is 0 Å². The number of rotatable bonds is 3. The molecule has 1 unspecified atom stereocenters. The molecule has 4 nitrogen and oxygen atoms in total. The molecule has 2 amide bonds. The molecular formula is C13H20N2O2. The average molecular weight is 236 g/mol. The Labute approximate surface area is 102 Å². The zero-order chi connectivity index (χ0) is 11.8. The van der Waals surface area contributed by atoms with Crippen molar-refractivity contribution in [3.63, 3.8) is 0 Å². The number of nitrogens with one attached hydrogen (secondary N) is 1. The SMILES string of the molecule is O=C(NC1CC1)C1CCCN1C(=O)C1CCC1. The van der Waals surface area contributed by atoms with Crippen molar-refractivity contribution >= 4 is 11.8 Å². The van der Waals surface area contributed by atoms with Gasteiger partial charge in [0.25, 0.3) is 0 Å². The van der Waals surface area contributed by atoms with Crippen LogP contribution < -0.4 is 5.32 Å². The summed E-state index contributed by atoms with van der Waals surface area (Å²) in [6.45, 7) is 0.776. The van der Waals surface area contributed by atoms with Gasteiger partial charge in [0.05, 0.1) is 0 Å². The molecule has 0 spiro atoms. The van der Waals surface area contributed by atoms with Gasteiger partial charge in [-0.15, -0.1) is 0 Å². The van der Waals surface area contributed by atoms with E-state index < -0.39 is 0 Å². The van der Waals surface area contributed by atoms with Crippen molar-refractivity contribution in [2.75, 3.05) is 6.54 Å². The van der Waals surface area contributed by atoms with Crippen molar-refractivity contribution < 1.29 is 9.59 Å². The minimum atomic E-state index is -0.177. The predicted molar refractivity (Wildman–Crippen MR) is 63.2 cm³/mol. The Morgan fingerprint density at radius 1 is 1.00 bits per heavy atom. The Balaban J connectivity index is 1.61. The van der Waals surface area contributed by atoms with E-state index >= 15 is 0 Å². The highest BCUT2D eigenvalue weighted by Crippen LogP contribution is 2.31. The van der Waals surface area contributed by atoms with Gasteiger partial charge in [-0.25, -0.2) is 0 Å². The van der Waals surface area contributed by atoms with Crippen molar-refractivity contribution in [2.24, 2.45) is 5.92 Å². The molecular weight excluding hydrogens is 216 g/mol. The molecule has 0 aromatic rings. The van der Waals surface area contributed by atoms with Crippen molar-refractivity contribution in [2.45, 2.75) is 57.0 Å². The lowest BCUT2D eigenvalue weighted by Crippen LogP contribution is -2.49. The first-order chi connectivity index (χ1) is 8.25. The summed E-state index contributed by atoms with van der Waals surface area (Å²) in [5.41, 5.74) is 0. The summed E-state index contributed by atoms with van der Waals surface area (Å²) in [6, 6.07) is 0.215. The maximum atomic E-state index is 12.2. The first kappa shape index (κ1) is 11.1. The molecule has 0 radical (unpaired) electrons. The van der Waals surface area contributed by atoms with Crippen LogP contribution in [0.3, 0.4) is 0 Å². The fourth-order valence-corrected chi connectivity index (χ4v) is 2.72. The second-order valence-electron chi connectivity index (χ2n) is 5.60. The number of amides is 2. The maximum absolute atomic E-state index is 12.2. The van der Waals surface area contributed by atoms with Crippen LogP contribution in [0, 0.1) is 5.92 Å². The van der Waals surface area contributed by atoms with E-state index in [4.69, 9.17) is 0 Å². The van der Waals surface area contributed by atoms with Gasteiger partial charge >= 0.3 is 0 Å². The van der Waals surface area contributed by atoms with Gasteiger partial charge in [-0.05, 0) is 38.5 Å². The number of carbonyl (C=O) groups is 2. The fourth-order valence-electron chi connectivity index (χ4n) is 2.72. The summed E-state index contributed by atoms with van der Waals surface area (Å²) in [5, 5.41) is 3.02. The monoisotopic (exact) mass is 236 g/mol. The highest BCUT2D eigenvalue weighted by Gasteiger charge is 2.39. The molecule has 1 N–H and O–H groups in total. The third-order valence-electron chi connectivity index (χ3n) is 4.22. The number of carbonyl (C=O) groups excluding carboxylic acids is 2. The van der Waals surface area contributed by atoms with Crippen LogP contribution in [0.4, 0.5) is 0 Å². The third-order valence-corrected chi connectivity index (χ3v) is 4.22. The molecule has 2 saturated carbocycles. The highest BCUT2D eigenvalue weighted by atomic mass is 16.2. The number of likely N-dealkylation sites (tertiary alicyclic amines) is 1. The molecule has 3 aliphatic rings. The van der Waals surface area contributed by atoms with E-state index in [0.29, 0.717) is 6.04 Å². The number of hydrogen-bond acceptors (Lipinski definition) is 2. The van der Waals surface area contributed by atoms with Crippen LogP contribution in [-0.4, -0.2) is 35.3 Å². The Morgan fingerprint density at radius 2 is 1.76 bits per heavy atom. The van der Waals surface area contributed by atoms with Crippen molar-refractivity contribution in [3.05, 3.63) is 0 Å². The molecule has 1 atom stereocenters. The van der Waals surface area contributed by atoms with Crippen LogP contribution in [0.25, 0.3) is 0 Å². The van der Waals surface area contributed by atoms with E-state index in [-0.39, 0.29) is 23.8 Å². The highest BCUT2D eigenvalue weighted by molar-refractivity contribution is 5.89. The second-order valence-corrected chi connectivity index (χ2v) is 5.60. The predicted octanol–water partition coefficient (Wildman–Crippen LogP) is 1.06. The topological polar surface area (TPSA) is 49.4 Å². The summed E-state index contributed by atoms with van der Waals surface area (Å²) >= 11 is 0. The lowest BCUT2D eigenvalue weighted by Gasteiger charge is -2.32. The molecule has 2 aliphatic carbocycles. The Hall–Kier alpha value is -1.06. The summed E-state index contributed by atoms with van der Waals surface area (Å²) in [4.78, 5) is 26.1. The van der Waals surface area contributed by atoms with E-state index in [2.05, 4.69) is 5.32 Å². The molecule has 1 aliphatic heterocycles. The van der Waals surface area contributed by atoms with Crippen molar-refractivity contribution in [3.8, 4) is 0 Å². The fraction of sp³-hybridized carbons (Fsp3) is 0.846. The maximum Gasteiger partial charge on any atom is 0.243 e. The van der Waals surface area contributed by atoms with Gasteiger partial charge in [0.2, 0.25) is 11.8 Å². The van der Waals surface area contributed by atoms with Gasteiger partial charge < -0.3 is 10.2 Å². The van der Waals surface area contributed by atoms with Crippen LogP contribution >= 0.6 is 0 Å². The summed E-state index contributed by atoms with van der Waals surface area (Å²) in [5.74, 6) is 0.520. The Bertz CT molecular complexity index is 334. The largest absolute Gasteiger partial charge is 0.352 e. The standard InChI is InChI=1S/C13H20N2O2/c16-12(14-10-6-7-10)11-5-2-8-15(11)13(17)9-3-1-4-9/h9-11H,1-8H2,(H,14,16). The second kappa shape index (κ2) is 4.31. The van der Waals surface area contributed by atoms with Gasteiger partial charge in [0.1, 0.15) is 6.04 Å². The molecule has 94 valence electrons. The van der Waals surface area contributed by atoms with Crippen molar-refractivity contribution in [1.29, 1.82) is 0 Å². The molecule has 17 heavy (non-hydrogen) atoms. The number of nitrogens with zero attached hydrogens (tertiary/aromatic N) is 1. The molecule has 0 bridgehead atoms. The van der Waals surface area contributed by atoms with Gasteiger partial charge in [-0.3, -0.25) is 9.59 Å². The molecule has 1 saturated heterocycles. The lowest BCUT2D eigenvalue weighted by molar-refractivity contribution is -0.143. The van der Waals surface area contributed by atoms with Crippen LogP contribution in [0.15, 0.2) is 0 Å². The molecule has 0 aromatic carbocycles. The molecule has 0 aromatic heterocycles. The zero-order valence-corrected chi connectivity index (χ0v) is 10.2. The van der Waals surface area contributed by atoms with E-state index in [1.54, 1.807) is 0 Å². The molecule has 3 fully saturated rings. The average Bonchev–Trinajstić information content (AvgIpc) is 2.90. The molecule has 4 heteroatoms. The van der Waals surface area contributed by atoms with E-state index in [9.17, 15) is 9.59 Å². The minimum absolute atomic E-state index is 0.0812. The minimum Gasteiger partial charge on any atom is -0.352 e. The van der Waals surface area contributed by atoms with Gasteiger partial charge in [0.15, 0.2) is 0 Å².